The van der Waals surface area contributed by atoms with Gasteiger partial charge in [-0.3, -0.25) is 4.79 Å². The molecule has 6 nitrogen and oxygen atoms in total. The van der Waals surface area contributed by atoms with Gasteiger partial charge in [0.1, 0.15) is 5.82 Å². The van der Waals surface area contributed by atoms with E-state index in [0.717, 1.165) is 37.6 Å². The van der Waals surface area contributed by atoms with E-state index in [4.69, 9.17) is 4.74 Å². The van der Waals surface area contributed by atoms with E-state index < -0.39 is 0 Å². The number of amides is 1. The monoisotopic (exact) mass is 278 g/mol. The van der Waals surface area contributed by atoms with Crippen molar-refractivity contribution in [1.82, 2.24) is 20.2 Å². The lowest BCUT2D eigenvalue weighted by Crippen LogP contribution is -2.44. The Balaban J connectivity index is 1.46. The lowest BCUT2D eigenvalue weighted by Gasteiger charge is -2.23. The predicted molar refractivity (Wildman–Crippen MR) is 74.2 cm³/mol. The Morgan fingerprint density at radius 2 is 2.50 bits per heavy atom. The summed E-state index contributed by atoms with van der Waals surface area (Å²) in [5, 5.41) is 6.23. The van der Waals surface area contributed by atoms with Gasteiger partial charge in [0.25, 0.3) is 0 Å². The van der Waals surface area contributed by atoms with Gasteiger partial charge >= 0.3 is 0 Å². The van der Waals surface area contributed by atoms with Crippen LogP contribution in [0, 0.1) is 0 Å². The van der Waals surface area contributed by atoms with Gasteiger partial charge in [0.05, 0.1) is 25.5 Å². The van der Waals surface area contributed by atoms with Crippen LogP contribution in [-0.2, 0) is 29.0 Å². The van der Waals surface area contributed by atoms with Gasteiger partial charge in [-0.05, 0) is 12.8 Å². The number of aryl methyl sites for hydroxylation is 2. The third-order valence-corrected chi connectivity index (χ3v) is 3.86. The standard InChI is InChI=1S/C14H22N4O2/c19-14(7-11-10-20-6-4-15-11)16-8-12-9-18-5-2-1-3-13(18)17-12/h9,11,15H,1-8,10H2,(H,16,19). The second kappa shape index (κ2) is 6.37. The maximum atomic E-state index is 11.9. The van der Waals surface area contributed by atoms with Gasteiger partial charge in [-0.25, -0.2) is 4.98 Å². The van der Waals surface area contributed by atoms with E-state index in [1.807, 2.05) is 0 Å². The van der Waals surface area contributed by atoms with Crippen LogP contribution in [0.15, 0.2) is 6.20 Å². The average Bonchev–Trinajstić information content (AvgIpc) is 2.89. The molecule has 0 aromatic carbocycles. The van der Waals surface area contributed by atoms with E-state index in [9.17, 15) is 4.79 Å². The molecular formula is C14H22N4O2. The molecule has 2 N–H and O–H groups in total. The smallest absolute Gasteiger partial charge is 0.221 e. The highest BCUT2D eigenvalue weighted by molar-refractivity contribution is 5.76. The SMILES string of the molecule is O=C(CC1COCCN1)NCc1cn2c(n1)CCCC2. The molecule has 0 aliphatic carbocycles. The van der Waals surface area contributed by atoms with Gasteiger partial charge in [-0.1, -0.05) is 0 Å². The molecule has 1 unspecified atom stereocenters. The van der Waals surface area contributed by atoms with Crippen LogP contribution in [0.5, 0.6) is 0 Å². The van der Waals surface area contributed by atoms with Gasteiger partial charge in [-0.15, -0.1) is 0 Å². The van der Waals surface area contributed by atoms with Crippen molar-refractivity contribution in [3.63, 3.8) is 0 Å². The van der Waals surface area contributed by atoms with E-state index in [0.29, 0.717) is 19.6 Å². The maximum absolute atomic E-state index is 11.9. The quantitative estimate of drug-likeness (QED) is 0.826. The third-order valence-electron chi connectivity index (χ3n) is 3.86. The topological polar surface area (TPSA) is 68.2 Å². The highest BCUT2D eigenvalue weighted by atomic mass is 16.5. The molecule has 110 valence electrons. The molecule has 1 amide bonds. The number of carbonyl (C=O) groups is 1. The number of carbonyl (C=O) groups excluding carboxylic acids is 1. The van der Waals surface area contributed by atoms with Crippen molar-refractivity contribution in [1.29, 1.82) is 0 Å². The first-order chi connectivity index (χ1) is 9.81. The fourth-order valence-electron chi connectivity index (χ4n) is 2.79. The second-order valence-electron chi connectivity index (χ2n) is 5.51. The molecule has 6 heteroatoms. The highest BCUT2D eigenvalue weighted by Crippen LogP contribution is 2.14. The number of fused-ring (bicyclic) bond motifs is 1. The summed E-state index contributed by atoms with van der Waals surface area (Å²) in [4.78, 5) is 16.5. The van der Waals surface area contributed by atoms with Crippen LogP contribution in [0.1, 0.15) is 30.8 Å². The fraction of sp³-hybridized carbons (Fsp3) is 0.714. The molecule has 1 fully saturated rings. The zero-order chi connectivity index (χ0) is 13.8. The summed E-state index contributed by atoms with van der Waals surface area (Å²) in [6.07, 6.45) is 6.03. The number of rotatable bonds is 4. The Morgan fingerprint density at radius 1 is 1.55 bits per heavy atom. The molecule has 1 aromatic heterocycles. The Labute approximate surface area is 118 Å². The van der Waals surface area contributed by atoms with E-state index in [1.54, 1.807) is 0 Å². The summed E-state index contributed by atoms with van der Waals surface area (Å²) in [6.45, 7) is 3.75. The first-order valence-electron chi connectivity index (χ1n) is 7.44. The summed E-state index contributed by atoms with van der Waals surface area (Å²) in [6, 6.07) is 0.138. The molecular weight excluding hydrogens is 256 g/mol. The number of nitrogens with one attached hydrogen (secondary N) is 2. The van der Waals surface area contributed by atoms with Gasteiger partial charge in [0.15, 0.2) is 0 Å². The number of hydrogen-bond acceptors (Lipinski definition) is 4. The van der Waals surface area contributed by atoms with Gasteiger partial charge in [0.2, 0.25) is 5.91 Å². The minimum atomic E-state index is 0.0546. The van der Waals surface area contributed by atoms with Crippen LogP contribution < -0.4 is 10.6 Å². The average molecular weight is 278 g/mol. The van der Waals surface area contributed by atoms with Crippen molar-refractivity contribution in [2.45, 2.75) is 44.8 Å². The molecule has 20 heavy (non-hydrogen) atoms. The van der Waals surface area contributed by atoms with Crippen molar-refractivity contribution >= 4 is 5.91 Å². The second-order valence-corrected chi connectivity index (χ2v) is 5.51. The van der Waals surface area contributed by atoms with Crippen molar-refractivity contribution in [3.05, 3.63) is 17.7 Å². The molecule has 3 rings (SSSR count). The largest absolute Gasteiger partial charge is 0.378 e. The number of ether oxygens (including phenoxy) is 1. The summed E-state index contributed by atoms with van der Waals surface area (Å²) in [5.41, 5.74) is 0.961. The van der Waals surface area contributed by atoms with Gasteiger partial charge in [-0.2, -0.15) is 0 Å². The summed E-state index contributed by atoms with van der Waals surface area (Å²) < 4.78 is 7.55. The molecule has 0 bridgehead atoms. The Bertz CT molecular complexity index is 442. The van der Waals surface area contributed by atoms with Crippen LogP contribution in [0.4, 0.5) is 0 Å². The number of aromatic nitrogens is 2. The van der Waals surface area contributed by atoms with E-state index >= 15 is 0 Å². The molecule has 2 aliphatic heterocycles. The molecule has 1 atom stereocenters. The molecule has 2 aliphatic rings. The number of morpholine rings is 1. The van der Waals surface area contributed by atoms with Crippen molar-refractivity contribution < 1.29 is 9.53 Å². The lowest BCUT2D eigenvalue weighted by atomic mass is 10.2. The number of hydrogen-bond donors (Lipinski definition) is 2. The molecule has 1 saturated heterocycles. The van der Waals surface area contributed by atoms with Crippen molar-refractivity contribution in [3.8, 4) is 0 Å². The summed E-state index contributed by atoms with van der Waals surface area (Å²) >= 11 is 0. The Kier molecular flexibility index (Phi) is 4.32. The zero-order valence-electron chi connectivity index (χ0n) is 11.7. The van der Waals surface area contributed by atoms with Crippen LogP contribution in [0.2, 0.25) is 0 Å². The van der Waals surface area contributed by atoms with Crippen LogP contribution in [-0.4, -0.2) is 41.3 Å². The first kappa shape index (κ1) is 13.6. The minimum Gasteiger partial charge on any atom is -0.378 e. The van der Waals surface area contributed by atoms with Crippen LogP contribution in [0.3, 0.4) is 0 Å². The van der Waals surface area contributed by atoms with Crippen LogP contribution >= 0.6 is 0 Å². The molecule has 0 spiro atoms. The number of nitrogens with zero attached hydrogens (tertiary/aromatic N) is 2. The first-order valence-corrected chi connectivity index (χ1v) is 7.44. The maximum Gasteiger partial charge on any atom is 0.221 e. The third kappa shape index (κ3) is 3.37. The lowest BCUT2D eigenvalue weighted by molar-refractivity contribution is -0.122. The van der Waals surface area contributed by atoms with E-state index in [2.05, 4.69) is 26.4 Å². The highest BCUT2D eigenvalue weighted by Gasteiger charge is 2.17. The summed E-state index contributed by atoms with van der Waals surface area (Å²) in [5.74, 6) is 1.21. The molecule has 3 heterocycles. The molecule has 1 aromatic rings. The minimum absolute atomic E-state index is 0.0546. The molecule has 0 saturated carbocycles. The van der Waals surface area contributed by atoms with Gasteiger partial charge < -0.3 is 19.9 Å². The Hall–Kier alpha value is -1.40. The number of imidazole rings is 1. The zero-order valence-corrected chi connectivity index (χ0v) is 11.7. The van der Waals surface area contributed by atoms with Crippen LogP contribution in [0.25, 0.3) is 0 Å². The van der Waals surface area contributed by atoms with E-state index in [1.165, 1.54) is 12.8 Å². The Morgan fingerprint density at radius 3 is 3.30 bits per heavy atom. The van der Waals surface area contributed by atoms with Crippen molar-refractivity contribution in [2.75, 3.05) is 19.8 Å². The summed E-state index contributed by atoms with van der Waals surface area (Å²) in [7, 11) is 0. The van der Waals surface area contributed by atoms with Gasteiger partial charge in [0, 0.05) is 38.2 Å². The van der Waals surface area contributed by atoms with Crippen molar-refractivity contribution in [2.24, 2.45) is 0 Å². The normalized spacial score (nSPS) is 22.3. The predicted octanol–water partition coefficient (Wildman–Crippen LogP) is 0.214. The fourth-order valence-corrected chi connectivity index (χ4v) is 2.79. The van der Waals surface area contributed by atoms with E-state index in [-0.39, 0.29) is 11.9 Å². The molecule has 0 radical (unpaired) electrons.